The molecule has 26 heavy (non-hydrogen) atoms. The maximum Gasteiger partial charge on any atom is 0.329 e. The van der Waals surface area contributed by atoms with E-state index in [-0.39, 0.29) is 18.0 Å². The summed E-state index contributed by atoms with van der Waals surface area (Å²) in [4.78, 5) is 39.0. The van der Waals surface area contributed by atoms with E-state index in [1.165, 1.54) is 0 Å². The zero-order valence-electron chi connectivity index (χ0n) is 14.9. The van der Waals surface area contributed by atoms with Crippen molar-refractivity contribution in [2.24, 2.45) is 7.05 Å². The van der Waals surface area contributed by atoms with Crippen LogP contribution in [0.15, 0.2) is 23.0 Å². The SMILES string of the molecule is Cn1c(=O)n(C2CCC(=O)NC2=O)c2cccc(CN3CC[CH]CC3)c21. The number of hydrogen-bond acceptors (Lipinski definition) is 4. The first-order valence-electron chi connectivity index (χ1n) is 9.13. The quantitative estimate of drug-likeness (QED) is 0.837. The molecule has 3 heterocycles. The van der Waals surface area contributed by atoms with E-state index in [2.05, 4.69) is 22.7 Å². The topological polar surface area (TPSA) is 76.3 Å². The van der Waals surface area contributed by atoms with E-state index in [4.69, 9.17) is 0 Å². The van der Waals surface area contributed by atoms with Crippen molar-refractivity contribution >= 4 is 22.8 Å². The molecule has 0 spiro atoms. The van der Waals surface area contributed by atoms with Crippen molar-refractivity contribution in [3.05, 3.63) is 40.7 Å². The van der Waals surface area contributed by atoms with Gasteiger partial charge in [0.15, 0.2) is 0 Å². The number of nitrogens with zero attached hydrogens (tertiary/aromatic N) is 3. The molecule has 0 saturated carbocycles. The lowest BCUT2D eigenvalue weighted by Gasteiger charge is -2.26. The highest BCUT2D eigenvalue weighted by Gasteiger charge is 2.31. The van der Waals surface area contributed by atoms with Gasteiger partial charge in [-0.3, -0.25) is 28.9 Å². The molecule has 137 valence electrons. The number of amides is 2. The molecule has 1 N–H and O–H groups in total. The molecule has 7 heteroatoms. The number of aromatic nitrogens is 2. The van der Waals surface area contributed by atoms with E-state index in [0.29, 0.717) is 6.42 Å². The van der Waals surface area contributed by atoms with E-state index in [1.807, 2.05) is 12.1 Å². The largest absolute Gasteiger partial charge is 0.329 e. The second kappa shape index (κ2) is 6.72. The minimum absolute atomic E-state index is 0.214. The highest BCUT2D eigenvalue weighted by molar-refractivity contribution is 6.00. The van der Waals surface area contributed by atoms with Gasteiger partial charge in [0.2, 0.25) is 11.8 Å². The van der Waals surface area contributed by atoms with Crippen molar-refractivity contribution < 1.29 is 9.59 Å². The van der Waals surface area contributed by atoms with Crippen LogP contribution >= 0.6 is 0 Å². The lowest BCUT2D eigenvalue weighted by atomic mass is 10.1. The number of carbonyl (C=O) groups is 2. The zero-order valence-corrected chi connectivity index (χ0v) is 14.9. The van der Waals surface area contributed by atoms with Gasteiger partial charge in [-0.15, -0.1) is 0 Å². The van der Waals surface area contributed by atoms with Crippen LogP contribution in [0.5, 0.6) is 0 Å². The summed E-state index contributed by atoms with van der Waals surface area (Å²) < 4.78 is 3.18. The lowest BCUT2D eigenvalue weighted by Crippen LogP contribution is -2.44. The molecule has 2 saturated heterocycles. The zero-order chi connectivity index (χ0) is 18.3. The highest BCUT2D eigenvalue weighted by atomic mass is 16.2. The van der Waals surface area contributed by atoms with Crippen LogP contribution in [-0.4, -0.2) is 38.9 Å². The van der Waals surface area contributed by atoms with Gasteiger partial charge in [0.1, 0.15) is 6.04 Å². The number of rotatable bonds is 3. The smallest absolute Gasteiger partial charge is 0.299 e. The summed E-state index contributed by atoms with van der Waals surface area (Å²) in [6.07, 6.45) is 5.10. The number of fused-ring (bicyclic) bond motifs is 1. The third-order valence-corrected chi connectivity index (χ3v) is 5.40. The Hall–Kier alpha value is -2.41. The lowest BCUT2D eigenvalue weighted by molar-refractivity contribution is -0.135. The fourth-order valence-electron chi connectivity index (χ4n) is 4.08. The molecule has 1 atom stereocenters. The first kappa shape index (κ1) is 17.0. The fourth-order valence-corrected chi connectivity index (χ4v) is 4.08. The van der Waals surface area contributed by atoms with Crippen molar-refractivity contribution in [1.29, 1.82) is 0 Å². The van der Waals surface area contributed by atoms with Gasteiger partial charge in [-0.1, -0.05) is 12.1 Å². The van der Waals surface area contributed by atoms with Gasteiger partial charge in [0.25, 0.3) is 0 Å². The number of imidazole rings is 1. The van der Waals surface area contributed by atoms with E-state index < -0.39 is 11.9 Å². The summed E-state index contributed by atoms with van der Waals surface area (Å²) in [5.74, 6) is -0.671. The van der Waals surface area contributed by atoms with E-state index >= 15 is 0 Å². The molecule has 0 aliphatic carbocycles. The number of para-hydroxylation sites is 1. The number of nitrogens with one attached hydrogen (secondary N) is 1. The summed E-state index contributed by atoms with van der Waals surface area (Å²) in [6, 6.07) is 5.24. The molecule has 1 unspecified atom stereocenters. The minimum atomic E-state index is -0.635. The molecule has 0 bridgehead atoms. The fraction of sp³-hybridized carbons (Fsp3) is 0.474. The van der Waals surface area contributed by atoms with Gasteiger partial charge in [-0.2, -0.15) is 0 Å². The molecule has 1 aromatic heterocycles. The van der Waals surface area contributed by atoms with E-state index in [1.54, 1.807) is 16.2 Å². The second-order valence-electron chi connectivity index (χ2n) is 7.11. The molecule has 2 fully saturated rings. The average Bonchev–Trinajstić information content (AvgIpc) is 2.88. The minimum Gasteiger partial charge on any atom is -0.299 e. The number of imide groups is 1. The first-order valence-corrected chi connectivity index (χ1v) is 9.13. The van der Waals surface area contributed by atoms with Crippen LogP contribution in [-0.2, 0) is 23.2 Å². The van der Waals surface area contributed by atoms with Gasteiger partial charge in [0.05, 0.1) is 11.0 Å². The van der Waals surface area contributed by atoms with Crippen molar-refractivity contribution in [3.63, 3.8) is 0 Å². The van der Waals surface area contributed by atoms with Gasteiger partial charge in [0, 0.05) is 20.0 Å². The summed E-state index contributed by atoms with van der Waals surface area (Å²) in [7, 11) is 1.75. The Morgan fingerprint density at radius 2 is 1.92 bits per heavy atom. The van der Waals surface area contributed by atoms with E-state index in [0.717, 1.165) is 49.1 Å². The predicted molar refractivity (Wildman–Crippen MR) is 97.4 cm³/mol. The number of likely N-dealkylation sites (tertiary alicyclic amines) is 1. The van der Waals surface area contributed by atoms with Gasteiger partial charge < -0.3 is 0 Å². The standard InChI is InChI=1S/C19H23N4O3/c1-21-17-13(12-22-10-3-2-4-11-22)6-5-7-14(17)23(19(21)26)15-8-9-16(24)20-18(15)25/h2,5-7,15H,3-4,8-12H2,1H3,(H,20,24,25). The van der Waals surface area contributed by atoms with Crippen LogP contribution in [0.2, 0.25) is 0 Å². The second-order valence-corrected chi connectivity index (χ2v) is 7.11. The van der Waals surface area contributed by atoms with Gasteiger partial charge >= 0.3 is 5.69 Å². The predicted octanol–water partition coefficient (Wildman–Crippen LogP) is 1.12. The van der Waals surface area contributed by atoms with Crippen molar-refractivity contribution in [2.75, 3.05) is 13.1 Å². The van der Waals surface area contributed by atoms with Crippen LogP contribution < -0.4 is 11.0 Å². The maximum atomic E-state index is 12.9. The monoisotopic (exact) mass is 355 g/mol. The van der Waals surface area contributed by atoms with Gasteiger partial charge in [-0.05, 0) is 50.4 Å². The Morgan fingerprint density at radius 1 is 1.15 bits per heavy atom. The Bertz CT molecular complexity index is 921. The maximum absolute atomic E-state index is 12.9. The molecule has 2 aliphatic heterocycles. The molecule has 2 amide bonds. The van der Waals surface area contributed by atoms with Crippen LogP contribution in [0.3, 0.4) is 0 Å². The number of benzene rings is 1. The summed E-state index contributed by atoms with van der Waals surface area (Å²) in [5.41, 5.74) is 2.51. The highest BCUT2D eigenvalue weighted by Crippen LogP contribution is 2.26. The number of carbonyl (C=O) groups excluding carboxylic acids is 2. The van der Waals surface area contributed by atoms with Crippen molar-refractivity contribution in [3.8, 4) is 0 Å². The molecule has 7 nitrogen and oxygen atoms in total. The third kappa shape index (κ3) is 2.86. The molecular weight excluding hydrogens is 332 g/mol. The summed E-state index contributed by atoms with van der Waals surface area (Å²) in [6.45, 7) is 2.84. The van der Waals surface area contributed by atoms with Crippen LogP contribution in [0.1, 0.15) is 37.3 Å². The molecule has 4 rings (SSSR count). The molecule has 1 aromatic carbocycles. The normalized spacial score (nSPS) is 22.0. The van der Waals surface area contributed by atoms with Crippen LogP contribution in [0.25, 0.3) is 11.0 Å². The summed E-state index contributed by atoms with van der Waals surface area (Å²) >= 11 is 0. The molecule has 1 radical (unpaired) electrons. The summed E-state index contributed by atoms with van der Waals surface area (Å²) in [5, 5.41) is 2.35. The number of piperidine rings is 2. The Morgan fingerprint density at radius 3 is 2.65 bits per heavy atom. The van der Waals surface area contributed by atoms with Crippen LogP contribution in [0, 0.1) is 6.42 Å². The number of aryl methyl sites for hydroxylation is 1. The molecular formula is C19H23N4O3. The molecule has 2 aromatic rings. The van der Waals surface area contributed by atoms with Crippen LogP contribution in [0.4, 0.5) is 0 Å². The Kier molecular flexibility index (Phi) is 4.40. The van der Waals surface area contributed by atoms with Crippen molar-refractivity contribution in [1.82, 2.24) is 19.4 Å². The third-order valence-electron chi connectivity index (χ3n) is 5.40. The Labute approximate surface area is 151 Å². The Balaban J connectivity index is 1.77. The van der Waals surface area contributed by atoms with Gasteiger partial charge in [-0.25, -0.2) is 4.79 Å². The van der Waals surface area contributed by atoms with Crippen molar-refractivity contribution in [2.45, 2.75) is 38.3 Å². The number of hydrogen-bond donors (Lipinski definition) is 1. The van der Waals surface area contributed by atoms with E-state index in [9.17, 15) is 14.4 Å². The molecule has 2 aliphatic rings. The first-order chi connectivity index (χ1) is 12.6. The average molecular weight is 355 g/mol.